The predicted molar refractivity (Wildman–Crippen MR) is 60.6 cm³/mol. The second-order valence-electron chi connectivity index (χ2n) is 3.11. The van der Waals surface area contributed by atoms with Crippen molar-refractivity contribution in [1.29, 1.82) is 0 Å². The molecule has 0 saturated heterocycles. The molecule has 0 amide bonds. The molecule has 0 fully saturated rings. The van der Waals surface area contributed by atoms with Gasteiger partial charge in [-0.2, -0.15) is 4.37 Å². The SMILES string of the molecule is O=C(O)c1cccc(CNc2ncns2)c1. The van der Waals surface area contributed by atoms with Gasteiger partial charge in [0.2, 0.25) is 5.13 Å². The van der Waals surface area contributed by atoms with Crippen LogP contribution in [-0.4, -0.2) is 20.4 Å². The molecule has 0 spiro atoms. The fourth-order valence-corrected chi connectivity index (χ4v) is 1.67. The molecule has 0 radical (unpaired) electrons. The third-order valence-corrected chi connectivity index (χ3v) is 2.60. The Kier molecular flexibility index (Phi) is 3.11. The first kappa shape index (κ1) is 10.6. The van der Waals surface area contributed by atoms with Crippen LogP contribution in [-0.2, 0) is 6.54 Å². The van der Waals surface area contributed by atoms with Crippen molar-refractivity contribution in [3.05, 3.63) is 41.7 Å². The van der Waals surface area contributed by atoms with Crippen LogP contribution < -0.4 is 5.32 Å². The molecule has 2 N–H and O–H groups in total. The Labute approximate surface area is 95.9 Å². The highest BCUT2D eigenvalue weighted by atomic mass is 32.1. The molecular formula is C10H9N3O2S. The van der Waals surface area contributed by atoms with Crippen molar-refractivity contribution >= 4 is 22.6 Å². The van der Waals surface area contributed by atoms with Gasteiger partial charge in [0, 0.05) is 18.1 Å². The van der Waals surface area contributed by atoms with E-state index >= 15 is 0 Å². The lowest BCUT2D eigenvalue weighted by Gasteiger charge is -2.03. The molecule has 0 atom stereocenters. The summed E-state index contributed by atoms with van der Waals surface area (Å²) in [5, 5.41) is 12.6. The maximum absolute atomic E-state index is 10.7. The maximum Gasteiger partial charge on any atom is 0.335 e. The first-order valence-electron chi connectivity index (χ1n) is 4.58. The second-order valence-corrected chi connectivity index (χ2v) is 3.89. The number of aromatic carboxylic acids is 1. The molecule has 0 saturated carbocycles. The monoisotopic (exact) mass is 235 g/mol. The number of hydrogen-bond donors (Lipinski definition) is 2. The van der Waals surface area contributed by atoms with Crippen molar-refractivity contribution < 1.29 is 9.90 Å². The summed E-state index contributed by atoms with van der Waals surface area (Å²) >= 11 is 1.26. The summed E-state index contributed by atoms with van der Waals surface area (Å²) in [4.78, 5) is 14.7. The minimum absolute atomic E-state index is 0.288. The fraction of sp³-hybridized carbons (Fsp3) is 0.100. The van der Waals surface area contributed by atoms with Crippen molar-refractivity contribution in [3.63, 3.8) is 0 Å². The van der Waals surface area contributed by atoms with Gasteiger partial charge in [-0.05, 0) is 17.7 Å². The van der Waals surface area contributed by atoms with E-state index in [-0.39, 0.29) is 5.56 Å². The van der Waals surface area contributed by atoms with Gasteiger partial charge in [0.25, 0.3) is 0 Å². The highest BCUT2D eigenvalue weighted by Gasteiger charge is 2.03. The Morgan fingerprint density at radius 2 is 2.38 bits per heavy atom. The zero-order chi connectivity index (χ0) is 11.4. The zero-order valence-corrected chi connectivity index (χ0v) is 9.07. The molecule has 1 aromatic heterocycles. The first-order valence-corrected chi connectivity index (χ1v) is 5.36. The van der Waals surface area contributed by atoms with Gasteiger partial charge in [-0.1, -0.05) is 12.1 Å². The molecule has 16 heavy (non-hydrogen) atoms. The molecule has 2 aromatic rings. The third kappa shape index (κ3) is 2.54. The Balaban J connectivity index is 2.04. The quantitative estimate of drug-likeness (QED) is 0.845. The molecule has 5 nitrogen and oxygen atoms in total. The van der Waals surface area contributed by atoms with E-state index in [9.17, 15) is 4.79 Å². The van der Waals surface area contributed by atoms with Crippen molar-refractivity contribution in [2.24, 2.45) is 0 Å². The number of nitrogens with one attached hydrogen (secondary N) is 1. The molecule has 0 aliphatic heterocycles. The highest BCUT2D eigenvalue weighted by Crippen LogP contribution is 2.10. The molecule has 0 aliphatic carbocycles. The summed E-state index contributed by atoms with van der Waals surface area (Å²) in [6, 6.07) is 6.79. The van der Waals surface area contributed by atoms with E-state index in [1.165, 1.54) is 17.9 Å². The van der Waals surface area contributed by atoms with E-state index in [0.29, 0.717) is 6.54 Å². The Bertz CT molecular complexity index is 485. The Hall–Kier alpha value is -1.95. The lowest BCUT2D eigenvalue weighted by Crippen LogP contribution is -2.01. The number of carboxylic acid groups (broad SMARTS) is 1. The van der Waals surface area contributed by atoms with Crippen LogP contribution in [0.1, 0.15) is 15.9 Å². The van der Waals surface area contributed by atoms with E-state index < -0.39 is 5.97 Å². The summed E-state index contributed by atoms with van der Waals surface area (Å²) in [6.45, 7) is 0.538. The molecular weight excluding hydrogens is 226 g/mol. The summed E-state index contributed by atoms with van der Waals surface area (Å²) in [5.74, 6) is -0.919. The number of carboxylic acids is 1. The van der Waals surface area contributed by atoms with Crippen LogP contribution in [0.2, 0.25) is 0 Å². The number of anilines is 1. The average Bonchev–Trinajstić information content (AvgIpc) is 2.79. The van der Waals surface area contributed by atoms with Gasteiger partial charge in [-0.25, -0.2) is 9.78 Å². The largest absolute Gasteiger partial charge is 0.478 e. The third-order valence-electron chi connectivity index (χ3n) is 1.98. The van der Waals surface area contributed by atoms with Gasteiger partial charge in [0.05, 0.1) is 5.56 Å². The summed E-state index contributed by atoms with van der Waals surface area (Å²) in [7, 11) is 0. The normalized spacial score (nSPS) is 10.0. The van der Waals surface area contributed by atoms with E-state index in [0.717, 1.165) is 10.7 Å². The molecule has 82 valence electrons. The van der Waals surface area contributed by atoms with Crippen LogP contribution in [0.15, 0.2) is 30.6 Å². The number of rotatable bonds is 4. The standard InChI is InChI=1S/C10H9N3O2S/c14-9(15)8-3-1-2-7(4-8)5-11-10-12-6-13-16-10/h1-4,6H,5H2,(H,14,15)(H,11,12,13). The van der Waals surface area contributed by atoms with E-state index in [1.54, 1.807) is 18.2 Å². The number of benzene rings is 1. The van der Waals surface area contributed by atoms with E-state index in [1.807, 2.05) is 6.07 Å². The Morgan fingerprint density at radius 1 is 1.50 bits per heavy atom. The molecule has 0 aliphatic rings. The molecule has 0 bridgehead atoms. The van der Waals surface area contributed by atoms with Crippen LogP contribution in [0.4, 0.5) is 5.13 Å². The van der Waals surface area contributed by atoms with Crippen molar-refractivity contribution in [1.82, 2.24) is 9.36 Å². The van der Waals surface area contributed by atoms with E-state index in [4.69, 9.17) is 5.11 Å². The van der Waals surface area contributed by atoms with Gasteiger partial charge in [0.15, 0.2) is 0 Å². The topological polar surface area (TPSA) is 75.1 Å². The van der Waals surface area contributed by atoms with Crippen LogP contribution in [0.5, 0.6) is 0 Å². The zero-order valence-electron chi connectivity index (χ0n) is 8.25. The smallest absolute Gasteiger partial charge is 0.335 e. The van der Waals surface area contributed by atoms with Crippen LogP contribution >= 0.6 is 11.5 Å². The van der Waals surface area contributed by atoms with Gasteiger partial charge >= 0.3 is 5.97 Å². The van der Waals surface area contributed by atoms with Gasteiger partial charge < -0.3 is 10.4 Å². The first-order chi connectivity index (χ1) is 7.75. The van der Waals surface area contributed by atoms with Crippen molar-refractivity contribution in [3.8, 4) is 0 Å². The minimum atomic E-state index is -0.919. The number of aromatic nitrogens is 2. The van der Waals surface area contributed by atoms with Gasteiger partial charge in [-0.3, -0.25) is 0 Å². The molecule has 1 aromatic carbocycles. The molecule has 6 heteroatoms. The summed E-state index contributed by atoms with van der Waals surface area (Å²) < 4.78 is 3.85. The van der Waals surface area contributed by atoms with Crippen molar-refractivity contribution in [2.75, 3.05) is 5.32 Å². The number of carbonyl (C=O) groups is 1. The molecule has 1 heterocycles. The summed E-state index contributed by atoms with van der Waals surface area (Å²) in [5.41, 5.74) is 1.19. The minimum Gasteiger partial charge on any atom is -0.478 e. The second kappa shape index (κ2) is 4.71. The maximum atomic E-state index is 10.7. The van der Waals surface area contributed by atoms with Crippen LogP contribution in [0.25, 0.3) is 0 Å². The van der Waals surface area contributed by atoms with Crippen molar-refractivity contribution in [2.45, 2.75) is 6.54 Å². The Morgan fingerprint density at radius 3 is 3.06 bits per heavy atom. The van der Waals surface area contributed by atoms with Gasteiger partial charge in [0.1, 0.15) is 6.33 Å². The van der Waals surface area contributed by atoms with Gasteiger partial charge in [-0.15, -0.1) is 0 Å². The van der Waals surface area contributed by atoms with E-state index in [2.05, 4.69) is 14.7 Å². The lowest BCUT2D eigenvalue weighted by atomic mass is 10.1. The average molecular weight is 235 g/mol. The fourth-order valence-electron chi connectivity index (χ4n) is 1.24. The molecule has 0 unspecified atom stereocenters. The number of nitrogens with zero attached hydrogens (tertiary/aromatic N) is 2. The predicted octanol–water partition coefficient (Wildman–Crippen LogP) is 1.85. The number of hydrogen-bond acceptors (Lipinski definition) is 5. The lowest BCUT2D eigenvalue weighted by molar-refractivity contribution is 0.0697. The summed E-state index contributed by atoms with van der Waals surface area (Å²) in [6.07, 6.45) is 1.47. The molecule has 2 rings (SSSR count). The van der Waals surface area contributed by atoms with Crippen LogP contribution in [0.3, 0.4) is 0 Å². The van der Waals surface area contributed by atoms with Crippen LogP contribution in [0, 0.1) is 0 Å². The highest BCUT2D eigenvalue weighted by molar-refractivity contribution is 7.09.